The largest absolute Gasteiger partial charge is 0.462 e. The van der Waals surface area contributed by atoms with Gasteiger partial charge in [-0.1, -0.05) is 43.7 Å². The number of halogens is 7. The molecular weight excluding hydrogens is 409 g/mol. The predicted octanol–water partition coefficient (Wildman–Crippen LogP) is 6.45. The standard InChI is InChI=1S/C18H17F7N2S/c1-2-3-10-28-15-9-8-12(13-6-4-5-7-14(13)15)11-26-27-18(24,25)16(19,20)17(21,22)23/h4-9,11,27H,2-3,10H2,1H3/b26-11+. The summed E-state index contributed by atoms with van der Waals surface area (Å²) in [4.78, 5) is 0.947. The van der Waals surface area contributed by atoms with Gasteiger partial charge in [-0.2, -0.15) is 35.8 Å². The van der Waals surface area contributed by atoms with Crippen molar-refractivity contribution < 1.29 is 30.7 Å². The van der Waals surface area contributed by atoms with Gasteiger partial charge < -0.3 is 0 Å². The molecule has 0 unspecified atom stereocenters. The fourth-order valence-electron chi connectivity index (χ4n) is 2.29. The van der Waals surface area contributed by atoms with Crippen LogP contribution in [0.1, 0.15) is 25.3 Å². The van der Waals surface area contributed by atoms with Crippen LogP contribution in [0, 0.1) is 0 Å². The highest BCUT2D eigenvalue weighted by molar-refractivity contribution is 7.99. The van der Waals surface area contributed by atoms with Crippen molar-refractivity contribution in [1.29, 1.82) is 0 Å². The van der Waals surface area contributed by atoms with Crippen molar-refractivity contribution in [1.82, 2.24) is 5.43 Å². The van der Waals surface area contributed by atoms with E-state index in [1.807, 2.05) is 0 Å². The molecule has 0 amide bonds. The molecular formula is C18H17F7N2S. The molecule has 0 fully saturated rings. The summed E-state index contributed by atoms with van der Waals surface area (Å²) in [5.74, 6) is -5.38. The minimum absolute atomic E-state index is 0.300. The van der Waals surface area contributed by atoms with Crippen LogP contribution >= 0.6 is 11.8 Å². The van der Waals surface area contributed by atoms with Gasteiger partial charge in [-0.25, -0.2) is 5.43 Å². The lowest BCUT2D eigenvalue weighted by molar-refractivity contribution is -0.361. The van der Waals surface area contributed by atoms with Crippen LogP contribution in [0.3, 0.4) is 0 Å². The van der Waals surface area contributed by atoms with Gasteiger partial charge in [0.15, 0.2) is 0 Å². The molecule has 154 valence electrons. The third kappa shape index (κ3) is 4.71. The lowest BCUT2D eigenvalue weighted by atomic mass is 10.1. The average molecular weight is 426 g/mol. The minimum Gasteiger partial charge on any atom is -0.242 e. The van der Waals surface area contributed by atoms with E-state index in [0.29, 0.717) is 16.4 Å². The Morgan fingerprint density at radius 1 is 0.964 bits per heavy atom. The maximum Gasteiger partial charge on any atom is 0.462 e. The molecule has 0 atom stereocenters. The number of rotatable bonds is 8. The first kappa shape index (κ1) is 22.3. The van der Waals surface area contributed by atoms with Crippen molar-refractivity contribution in [2.24, 2.45) is 5.10 Å². The maximum absolute atomic E-state index is 13.3. The number of nitrogens with zero attached hydrogens (tertiary/aromatic N) is 1. The van der Waals surface area contributed by atoms with E-state index in [1.165, 1.54) is 0 Å². The third-order valence-corrected chi connectivity index (χ3v) is 4.99. The number of unbranched alkanes of at least 4 members (excludes halogenated alkanes) is 1. The number of fused-ring (bicyclic) bond motifs is 1. The predicted molar refractivity (Wildman–Crippen MR) is 96.3 cm³/mol. The van der Waals surface area contributed by atoms with Crippen LogP contribution in [-0.2, 0) is 0 Å². The number of hydrogen-bond acceptors (Lipinski definition) is 3. The van der Waals surface area contributed by atoms with Gasteiger partial charge in [-0.15, -0.1) is 11.8 Å². The summed E-state index contributed by atoms with van der Waals surface area (Å²) in [6.07, 6.45) is -3.58. The Hall–Kier alpha value is -1.97. The monoisotopic (exact) mass is 426 g/mol. The van der Waals surface area contributed by atoms with E-state index >= 15 is 0 Å². The Kier molecular flexibility index (Phi) is 6.84. The summed E-state index contributed by atoms with van der Waals surface area (Å²) in [5.41, 5.74) is 0.936. The zero-order chi connectivity index (χ0) is 21.0. The highest BCUT2D eigenvalue weighted by atomic mass is 32.2. The van der Waals surface area contributed by atoms with Gasteiger partial charge in [-0.3, -0.25) is 0 Å². The Balaban J connectivity index is 2.26. The lowest BCUT2D eigenvalue weighted by Gasteiger charge is -2.27. The van der Waals surface area contributed by atoms with Crippen LogP contribution in [0.15, 0.2) is 46.4 Å². The molecule has 0 aliphatic carbocycles. The molecule has 0 saturated carbocycles. The Morgan fingerprint density at radius 2 is 1.61 bits per heavy atom. The second-order valence-corrected chi connectivity index (χ2v) is 7.05. The first-order valence-corrected chi connectivity index (χ1v) is 9.27. The van der Waals surface area contributed by atoms with E-state index in [9.17, 15) is 30.7 Å². The van der Waals surface area contributed by atoms with Crippen LogP contribution in [0.2, 0.25) is 0 Å². The fraction of sp³-hybridized carbons (Fsp3) is 0.389. The molecule has 1 N–H and O–H groups in total. The molecule has 0 aromatic heterocycles. The second-order valence-electron chi connectivity index (χ2n) is 5.92. The van der Waals surface area contributed by atoms with Gasteiger partial charge in [0.1, 0.15) is 0 Å². The average Bonchev–Trinajstić information content (AvgIpc) is 2.62. The van der Waals surface area contributed by atoms with Crippen molar-refractivity contribution in [3.8, 4) is 0 Å². The van der Waals surface area contributed by atoms with E-state index in [-0.39, 0.29) is 0 Å². The van der Waals surface area contributed by atoms with Gasteiger partial charge in [0.05, 0.1) is 6.21 Å². The highest BCUT2D eigenvalue weighted by Gasteiger charge is 2.73. The lowest BCUT2D eigenvalue weighted by Crippen LogP contribution is -2.58. The molecule has 0 bridgehead atoms. The molecule has 10 heteroatoms. The molecule has 2 nitrogen and oxygen atoms in total. The van der Waals surface area contributed by atoms with Crippen molar-refractivity contribution in [3.05, 3.63) is 42.0 Å². The minimum atomic E-state index is -6.41. The van der Waals surface area contributed by atoms with Crippen LogP contribution in [0.4, 0.5) is 30.7 Å². The summed E-state index contributed by atoms with van der Waals surface area (Å²) < 4.78 is 88.7. The van der Waals surface area contributed by atoms with E-state index in [1.54, 1.807) is 48.2 Å². The van der Waals surface area contributed by atoms with E-state index in [2.05, 4.69) is 12.0 Å². The molecule has 0 heterocycles. The Bertz CT molecular complexity index is 834. The molecule has 2 aromatic carbocycles. The third-order valence-electron chi connectivity index (χ3n) is 3.83. The second kappa shape index (κ2) is 8.59. The van der Waals surface area contributed by atoms with Crippen LogP contribution in [0.5, 0.6) is 0 Å². The van der Waals surface area contributed by atoms with Crippen molar-refractivity contribution >= 4 is 28.7 Å². The highest BCUT2D eigenvalue weighted by Crippen LogP contribution is 2.45. The first-order chi connectivity index (χ1) is 13.0. The molecule has 0 spiro atoms. The van der Waals surface area contributed by atoms with Crippen molar-refractivity contribution in [2.45, 2.75) is 42.8 Å². The number of benzene rings is 2. The molecule has 0 aliphatic rings. The summed E-state index contributed by atoms with van der Waals surface area (Å²) >= 11 is 1.61. The molecule has 0 aliphatic heterocycles. The van der Waals surface area contributed by atoms with Gasteiger partial charge in [0.2, 0.25) is 0 Å². The number of nitrogens with one attached hydrogen (secondary N) is 1. The molecule has 28 heavy (non-hydrogen) atoms. The molecule has 2 aromatic rings. The van der Waals surface area contributed by atoms with Crippen LogP contribution < -0.4 is 5.43 Å². The molecule has 0 radical (unpaired) electrons. The van der Waals surface area contributed by atoms with Gasteiger partial charge in [-0.05, 0) is 29.0 Å². The first-order valence-electron chi connectivity index (χ1n) is 8.28. The van der Waals surface area contributed by atoms with E-state index in [4.69, 9.17) is 0 Å². The number of thioether (sulfide) groups is 1. The van der Waals surface area contributed by atoms with Crippen molar-refractivity contribution in [3.63, 3.8) is 0 Å². The summed E-state index contributed by atoms with van der Waals surface area (Å²) in [6.45, 7) is 2.06. The normalized spacial score (nSPS) is 13.4. The van der Waals surface area contributed by atoms with Crippen LogP contribution in [-0.4, -0.2) is 30.1 Å². The number of alkyl halides is 7. The topological polar surface area (TPSA) is 24.4 Å². The summed E-state index contributed by atoms with van der Waals surface area (Å²) in [5, 5.41) is 4.35. The Morgan fingerprint density at radius 3 is 2.21 bits per heavy atom. The zero-order valence-electron chi connectivity index (χ0n) is 14.7. The van der Waals surface area contributed by atoms with E-state index in [0.717, 1.165) is 35.1 Å². The zero-order valence-corrected chi connectivity index (χ0v) is 15.5. The number of hydrogen-bond donors (Lipinski definition) is 1. The summed E-state index contributed by atoms with van der Waals surface area (Å²) in [6, 6.07) is 4.65. The quantitative estimate of drug-likeness (QED) is 0.131. The van der Waals surface area contributed by atoms with Gasteiger partial charge >= 0.3 is 18.1 Å². The fourth-order valence-corrected chi connectivity index (χ4v) is 3.44. The van der Waals surface area contributed by atoms with Crippen LogP contribution in [0.25, 0.3) is 10.8 Å². The van der Waals surface area contributed by atoms with Gasteiger partial charge in [0.25, 0.3) is 0 Å². The Labute approximate surface area is 161 Å². The van der Waals surface area contributed by atoms with E-state index < -0.39 is 18.1 Å². The molecule has 0 saturated heterocycles. The SMILES string of the molecule is CCCCSc1ccc(/C=N/NC(F)(F)C(F)(F)C(F)(F)F)c2ccccc12. The van der Waals surface area contributed by atoms with Gasteiger partial charge in [0, 0.05) is 10.5 Å². The molecule has 2 rings (SSSR count). The summed E-state index contributed by atoms with van der Waals surface area (Å²) in [7, 11) is 0. The van der Waals surface area contributed by atoms with Crippen molar-refractivity contribution in [2.75, 3.05) is 5.75 Å². The number of hydrazone groups is 1. The smallest absolute Gasteiger partial charge is 0.242 e. The maximum atomic E-state index is 13.3.